The number of rotatable bonds is 4. The predicted molar refractivity (Wildman–Crippen MR) is 104 cm³/mol. The summed E-state index contributed by atoms with van der Waals surface area (Å²) >= 11 is 0. The third-order valence-electron chi connectivity index (χ3n) is 5.05. The summed E-state index contributed by atoms with van der Waals surface area (Å²) in [7, 11) is -1.98. The van der Waals surface area contributed by atoms with Crippen molar-refractivity contribution in [3.05, 3.63) is 77.2 Å². The Morgan fingerprint density at radius 2 is 1.81 bits per heavy atom. The van der Waals surface area contributed by atoms with Gasteiger partial charge in [-0.05, 0) is 67.3 Å². The van der Waals surface area contributed by atoms with Crippen molar-refractivity contribution in [1.82, 2.24) is 9.29 Å². The zero-order chi connectivity index (χ0) is 19.0. The number of aromatic nitrogens is 1. The fourth-order valence-electron chi connectivity index (χ4n) is 3.81. The molecule has 0 saturated carbocycles. The van der Waals surface area contributed by atoms with Crippen LogP contribution in [0.1, 0.15) is 23.1 Å². The molecule has 27 heavy (non-hydrogen) atoms. The second kappa shape index (κ2) is 6.94. The average Bonchev–Trinajstić information content (AvgIpc) is 2.91. The lowest BCUT2D eigenvalue weighted by Gasteiger charge is -2.13. The predicted octanol–water partition coefficient (Wildman–Crippen LogP) is 3.74. The van der Waals surface area contributed by atoms with Crippen LogP contribution in [-0.2, 0) is 29.4 Å². The molecule has 140 valence electrons. The van der Waals surface area contributed by atoms with Crippen LogP contribution in [0.15, 0.2) is 59.6 Å². The minimum atomic E-state index is -3.83. The Bertz CT molecular complexity index is 1090. The molecular weight excluding hydrogens is 363 g/mol. The number of halogens is 1. The second-order valence-electron chi connectivity index (χ2n) is 6.78. The molecule has 1 aliphatic carbocycles. The highest BCUT2D eigenvalue weighted by Gasteiger charge is 2.28. The molecule has 1 N–H and O–H groups in total. The topological polar surface area (TPSA) is 51.1 Å². The Morgan fingerprint density at radius 3 is 2.56 bits per heavy atom. The summed E-state index contributed by atoms with van der Waals surface area (Å²) in [5.41, 5.74) is 4.89. The average molecular weight is 384 g/mol. The number of hydrogen-bond acceptors (Lipinski definition) is 3. The number of nitrogens with zero attached hydrogens (tertiary/aromatic N) is 1. The molecule has 3 aromatic rings. The van der Waals surface area contributed by atoms with Crippen LogP contribution in [0.3, 0.4) is 0 Å². The Morgan fingerprint density at radius 1 is 1.07 bits per heavy atom. The fourth-order valence-corrected chi connectivity index (χ4v) is 5.23. The maximum atomic E-state index is 13.4. The van der Waals surface area contributed by atoms with Gasteiger partial charge in [0.25, 0.3) is 10.0 Å². The molecule has 0 unspecified atom stereocenters. The molecule has 0 aliphatic heterocycles. The van der Waals surface area contributed by atoms with Crippen LogP contribution in [0.2, 0.25) is 0 Å². The zero-order valence-electron chi connectivity index (χ0n) is 15.1. The molecule has 4 nitrogen and oxygen atoms in total. The molecule has 0 bridgehead atoms. The first-order valence-corrected chi connectivity index (χ1v) is 10.4. The highest BCUT2D eigenvalue weighted by molar-refractivity contribution is 7.90. The molecule has 2 aromatic carbocycles. The van der Waals surface area contributed by atoms with Crippen LogP contribution >= 0.6 is 0 Å². The van der Waals surface area contributed by atoms with Crippen molar-refractivity contribution in [2.45, 2.75) is 30.7 Å². The van der Waals surface area contributed by atoms with E-state index < -0.39 is 15.8 Å². The largest absolute Gasteiger partial charge is 0.316 e. The molecule has 0 fully saturated rings. The van der Waals surface area contributed by atoms with E-state index in [0.29, 0.717) is 6.54 Å². The molecule has 0 spiro atoms. The van der Waals surface area contributed by atoms with Crippen LogP contribution in [0.25, 0.3) is 11.3 Å². The van der Waals surface area contributed by atoms with Gasteiger partial charge < -0.3 is 5.32 Å². The van der Waals surface area contributed by atoms with Gasteiger partial charge in [-0.25, -0.2) is 16.8 Å². The maximum absolute atomic E-state index is 13.4. The molecule has 4 rings (SSSR count). The van der Waals surface area contributed by atoms with E-state index in [1.54, 1.807) is 6.20 Å². The summed E-state index contributed by atoms with van der Waals surface area (Å²) < 4.78 is 41.4. The summed E-state index contributed by atoms with van der Waals surface area (Å²) in [5.74, 6) is -0.457. The van der Waals surface area contributed by atoms with Gasteiger partial charge in [0.05, 0.1) is 10.6 Å². The molecule has 0 atom stereocenters. The fraction of sp³-hybridized carbons (Fsp3) is 0.238. The molecule has 0 radical (unpaired) electrons. The van der Waals surface area contributed by atoms with E-state index in [4.69, 9.17) is 0 Å². The quantitative estimate of drug-likeness (QED) is 0.746. The molecule has 1 heterocycles. The van der Waals surface area contributed by atoms with Gasteiger partial charge in [0.15, 0.2) is 0 Å². The van der Waals surface area contributed by atoms with Crippen molar-refractivity contribution in [2.75, 3.05) is 7.05 Å². The van der Waals surface area contributed by atoms with Crippen molar-refractivity contribution >= 4 is 10.0 Å². The highest BCUT2D eigenvalue weighted by Crippen LogP contribution is 2.37. The first-order chi connectivity index (χ1) is 13.0. The summed E-state index contributed by atoms with van der Waals surface area (Å²) in [6.07, 6.45) is 4.43. The Kier molecular flexibility index (Phi) is 4.61. The molecular formula is C21H21FN2O2S. The van der Waals surface area contributed by atoms with Crippen LogP contribution in [0, 0.1) is 5.82 Å². The SMILES string of the molecule is CNCc1cn(S(=O)(=O)c2ccc(F)cc2)c2c1CCCc1ccccc1-2. The summed E-state index contributed by atoms with van der Waals surface area (Å²) in [6.45, 7) is 0.594. The van der Waals surface area contributed by atoms with Crippen molar-refractivity contribution in [3.8, 4) is 11.3 Å². The molecule has 0 amide bonds. The van der Waals surface area contributed by atoms with Gasteiger partial charge in [-0.2, -0.15) is 0 Å². The van der Waals surface area contributed by atoms with Crippen LogP contribution < -0.4 is 5.32 Å². The van der Waals surface area contributed by atoms with Crippen molar-refractivity contribution in [2.24, 2.45) is 0 Å². The minimum Gasteiger partial charge on any atom is -0.316 e. The van der Waals surface area contributed by atoms with E-state index in [9.17, 15) is 12.8 Å². The maximum Gasteiger partial charge on any atom is 0.268 e. The van der Waals surface area contributed by atoms with Crippen LogP contribution in [0.5, 0.6) is 0 Å². The number of fused-ring (bicyclic) bond motifs is 3. The second-order valence-corrected chi connectivity index (χ2v) is 8.59. The van der Waals surface area contributed by atoms with Gasteiger partial charge in [0.2, 0.25) is 0 Å². The molecule has 1 aliphatic rings. The Hall–Kier alpha value is -2.44. The third kappa shape index (κ3) is 3.09. The first-order valence-electron chi connectivity index (χ1n) is 8.99. The summed E-state index contributed by atoms with van der Waals surface area (Å²) in [4.78, 5) is 0.0828. The van der Waals surface area contributed by atoms with E-state index >= 15 is 0 Å². The van der Waals surface area contributed by atoms with Crippen LogP contribution in [-0.4, -0.2) is 19.4 Å². The van der Waals surface area contributed by atoms with Crippen molar-refractivity contribution < 1.29 is 12.8 Å². The number of benzene rings is 2. The summed E-state index contributed by atoms with van der Waals surface area (Å²) in [5, 5.41) is 3.13. The molecule has 6 heteroatoms. The van der Waals surface area contributed by atoms with Gasteiger partial charge in [-0.3, -0.25) is 0 Å². The third-order valence-corrected chi connectivity index (χ3v) is 6.72. The van der Waals surface area contributed by atoms with E-state index in [0.717, 1.165) is 47.2 Å². The zero-order valence-corrected chi connectivity index (χ0v) is 15.9. The highest BCUT2D eigenvalue weighted by atomic mass is 32.2. The Labute approximate surface area is 158 Å². The number of nitrogens with one attached hydrogen (secondary N) is 1. The number of hydrogen-bond donors (Lipinski definition) is 1. The van der Waals surface area contributed by atoms with Gasteiger partial charge in [0, 0.05) is 18.3 Å². The van der Waals surface area contributed by atoms with E-state index in [-0.39, 0.29) is 4.90 Å². The monoisotopic (exact) mass is 384 g/mol. The van der Waals surface area contributed by atoms with E-state index in [1.807, 2.05) is 25.2 Å². The van der Waals surface area contributed by atoms with Gasteiger partial charge in [-0.1, -0.05) is 24.3 Å². The molecule has 0 saturated heterocycles. The van der Waals surface area contributed by atoms with E-state index in [2.05, 4.69) is 11.4 Å². The van der Waals surface area contributed by atoms with E-state index in [1.165, 1.54) is 28.2 Å². The summed E-state index contributed by atoms with van der Waals surface area (Å²) in [6, 6.07) is 13.0. The lowest BCUT2D eigenvalue weighted by atomic mass is 10.0. The van der Waals surface area contributed by atoms with Crippen molar-refractivity contribution in [3.63, 3.8) is 0 Å². The number of aryl methyl sites for hydroxylation is 1. The first kappa shape index (κ1) is 17.9. The lowest BCUT2D eigenvalue weighted by Crippen LogP contribution is -2.14. The smallest absolute Gasteiger partial charge is 0.268 e. The van der Waals surface area contributed by atoms with Crippen LogP contribution in [0.4, 0.5) is 4.39 Å². The standard InChI is InChI=1S/C21H21FN2O2S/c1-23-13-16-14-24(27(25,26)18-11-9-17(22)10-12-18)21-19-7-3-2-5-15(19)6-4-8-20(16)21/h2-3,5,7,9-12,14,23H,4,6,8,13H2,1H3. The van der Waals surface area contributed by atoms with Gasteiger partial charge in [0.1, 0.15) is 5.82 Å². The lowest BCUT2D eigenvalue weighted by molar-refractivity contribution is 0.586. The van der Waals surface area contributed by atoms with Gasteiger partial charge >= 0.3 is 0 Å². The van der Waals surface area contributed by atoms with Crippen molar-refractivity contribution in [1.29, 1.82) is 0 Å². The normalized spacial score (nSPS) is 13.7. The van der Waals surface area contributed by atoms with Gasteiger partial charge in [-0.15, -0.1) is 0 Å². The Balaban J connectivity index is 1.99. The minimum absolute atomic E-state index is 0.0828. The molecule has 1 aromatic heterocycles.